The van der Waals surface area contributed by atoms with E-state index in [2.05, 4.69) is 9.67 Å². The molecule has 232 valence electrons. The Hall–Kier alpha value is -5.93. The molecule has 0 saturated heterocycles. The number of hydrogen-bond donors (Lipinski definition) is 1. The largest absolute Gasteiger partial charge is 0.489 e. The summed E-state index contributed by atoms with van der Waals surface area (Å²) in [5, 5.41) is 15.6. The van der Waals surface area contributed by atoms with Gasteiger partial charge in [0.05, 0.1) is 22.7 Å². The summed E-state index contributed by atoms with van der Waals surface area (Å²) >= 11 is 6.20. The fraction of sp³-hybridized carbons (Fsp3) is 0.0811. The Morgan fingerprint density at radius 3 is 2.51 bits per heavy atom. The van der Waals surface area contributed by atoms with Crippen molar-refractivity contribution in [1.82, 2.24) is 14.2 Å². The second-order valence-electron chi connectivity index (χ2n) is 11.1. The third-order valence-electron chi connectivity index (χ3n) is 7.94. The van der Waals surface area contributed by atoms with E-state index in [9.17, 15) is 9.59 Å². The molecule has 9 nitrogen and oxygen atoms in total. The summed E-state index contributed by atoms with van der Waals surface area (Å²) < 4.78 is 15.4. The Morgan fingerprint density at radius 1 is 0.979 bits per heavy atom. The Kier molecular flexibility index (Phi) is 7.67. The maximum absolute atomic E-state index is 13.7. The highest BCUT2D eigenvalue weighted by Gasteiger charge is 2.17. The number of ether oxygens (including phenoxy) is 1. The molecule has 0 aliphatic heterocycles. The van der Waals surface area contributed by atoms with Crippen molar-refractivity contribution >= 4 is 45.7 Å². The van der Waals surface area contributed by atoms with E-state index < -0.39 is 5.97 Å². The van der Waals surface area contributed by atoms with E-state index in [1.807, 2.05) is 50.2 Å². The molecule has 0 fully saturated rings. The number of carbonyl (C=O) groups is 1. The summed E-state index contributed by atoms with van der Waals surface area (Å²) in [6.07, 6.45) is 1.66. The highest BCUT2D eigenvalue weighted by Crippen LogP contribution is 2.29. The molecule has 0 atom stereocenters. The van der Waals surface area contributed by atoms with Crippen molar-refractivity contribution in [3.63, 3.8) is 0 Å². The van der Waals surface area contributed by atoms with Crippen LogP contribution in [0.5, 0.6) is 5.75 Å². The first-order valence-electron chi connectivity index (χ1n) is 14.8. The van der Waals surface area contributed by atoms with E-state index in [0.717, 1.165) is 33.6 Å². The standard InChI is InChI=1S/C37H27ClN4O5/c1-22-17-27(23(2)41(22)29-12-14-30(15-13-29)46-21-24-7-9-25(10-8-24)37(44)45)20-39-42-35(40-32-6-4-3-5-31(32)36(42)43)34-19-26-18-28(38)11-16-33(26)47-34/h3-20H,21H2,1-2H3,(H,44,45). The number of aromatic nitrogens is 3. The maximum atomic E-state index is 13.7. The Labute approximate surface area is 273 Å². The third kappa shape index (κ3) is 5.80. The quantitative estimate of drug-likeness (QED) is 0.168. The summed E-state index contributed by atoms with van der Waals surface area (Å²) in [4.78, 5) is 29.6. The zero-order valence-corrected chi connectivity index (χ0v) is 26.1. The molecular weight excluding hydrogens is 616 g/mol. The van der Waals surface area contributed by atoms with Gasteiger partial charge in [-0.15, -0.1) is 0 Å². The zero-order valence-electron chi connectivity index (χ0n) is 25.3. The van der Waals surface area contributed by atoms with Crippen LogP contribution in [0.25, 0.3) is 39.1 Å². The van der Waals surface area contributed by atoms with Gasteiger partial charge in [0.15, 0.2) is 5.76 Å². The zero-order chi connectivity index (χ0) is 32.7. The minimum atomic E-state index is -0.962. The predicted molar refractivity (Wildman–Crippen MR) is 182 cm³/mol. The average Bonchev–Trinajstić information content (AvgIpc) is 3.62. The number of aromatic carboxylic acids is 1. The summed E-state index contributed by atoms with van der Waals surface area (Å²) in [5.74, 6) is 0.395. The first-order valence-corrected chi connectivity index (χ1v) is 15.1. The number of aryl methyl sites for hydroxylation is 1. The van der Waals surface area contributed by atoms with Crippen LogP contribution in [-0.4, -0.2) is 31.5 Å². The van der Waals surface area contributed by atoms with Crippen LogP contribution in [0.2, 0.25) is 5.02 Å². The van der Waals surface area contributed by atoms with Crippen LogP contribution in [0, 0.1) is 13.8 Å². The van der Waals surface area contributed by atoms with Crippen LogP contribution in [0.4, 0.5) is 0 Å². The van der Waals surface area contributed by atoms with Crippen LogP contribution >= 0.6 is 11.6 Å². The lowest BCUT2D eigenvalue weighted by molar-refractivity contribution is 0.0697. The highest BCUT2D eigenvalue weighted by atomic mass is 35.5. The predicted octanol–water partition coefficient (Wildman–Crippen LogP) is 8.03. The first-order chi connectivity index (χ1) is 22.7. The fourth-order valence-electron chi connectivity index (χ4n) is 5.55. The van der Waals surface area contributed by atoms with Crippen LogP contribution < -0.4 is 10.3 Å². The van der Waals surface area contributed by atoms with Crippen molar-refractivity contribution < 1.29 is 19.1 Å². The van der Waals surface area contributed by atoms with Crippen LogP contribution in [0.15, 0.2) is 117 Å². The fourth-order valence-corrected chi connectivity index (χ4v) is 5.73. The summed E-state index contributed by atoms with van der Waals surface area (Å²) in [7, 11) is 0. The van der Waals surface area contributed by atoms with E-state index in [4.69, 9.17) is 30.8 Å². The number of carboxylic acids is 1. The molecule has 0 bridgehead atoms. The van der Waals surface area contributed by atoms with Crippen LogP contribution in [0.3, 0.4) is 0 Å². The molecular formula is C37H27ClN4O5. The van der Waals surface area contributed by atoms with Crippen molar-refractivity contribution in [2.75, 3.05) is 0 Å². The van der Waals surface area contributed by atoms with Gasteiger partial charge in [0.1, 0.15) is 17.9 Å². The van der Waals surface area contributed by atoms with Gasteiger partial charge in [-0.25, -0.2) is 9.78 Å². The average molecular weight is 643 g/mol. The number of furan rings is 1. The molecule has 0 saturated carbocycles. The lowest BCUT2D eigenvalue weighted by Gasteiger charge is -2.12. The summed E-state index contributed by atoms with van der Waals surface area (Å²) in [5.41, 5.74) is 5.62. The molecule has 0 aliphatic rings. The van der Waals surface area contributed by atoms with Gasteiger partial charge >= 0.3 is 5.97 Å². The number of halogens is 1. The monoisotopic (exact) mass is 642 g/mol. The van der Waals surface area contributed by atoms with Crippen LogP contribution in [0.1, 0.15) is 32.9 Å². The molecule has 0 spiro atoms. The second kappa shape index (κ2) is 12.1. The van der Waals surface area contributed by atoms with Gasteiger partial charge in [0.25, 0.3) is 5.56 Å². The third-order valence-corrected chi connectivity index (χ3v) is 8.17. The van der Waals surface area contributed by atoms with E-state index in [-0.39, 0.29) is 16.9 Å². The lowest BCUT2D eigenvalue weighted by atomic mass is 10.1. The number of fused-ring (bicyclic) bond motifs is 2. The first kappa shape index (κ1) is 29.8. The molecule has 3 aromatic heterocycles. The number of hydrogen-bond acceptors (Lipinski definition) is 6. The van der Waals surface area contributed by atoms with Gasteiger partial charge in [0.2, 0.25) is 5.82 Å². The summed E-state index contributed by atoms with van der Waals surface area (Å²) in [6.45, 7) is 4.31. The van der Waals surface area contributed by atoms with Gasteiger partial charge in [-0.1, -0.05) is 35.9 Å². The molecule has 0 amide bonds. The number of nitrogens with zero attached hydrogens (tertiary/aromatic N) is 4. The highest BCUT2D eigenvalue weighted by molar-refractivity contribution is 6.31. The maximum Gasteiger partial charge on any atom is 0.335 e. The van der Waals surface area contributed by atoms with Gasteiger partial charge in [0, 0.05) is 33.0 Å². The van der Waals surface area contributed by atoms with E-state index in [1.54, 1.807) is 72.9 Å². The smallest absolute Gasteiger partial charge is 0.335 e. The van der Waals surface area contributed by atoms with Crippen molar-refractivity contribution in [1.29, 1.82) is 0 Å². The molecule has 3 heterocycles. The van der Waals surface area contributed by atoms with Gasteiger partial charge in [-0.05, 0) is 98.3 Å². The minimum absolute atomic E-state index is 0.235. The molecule has 0 aliphatic carbocycles. The van der Waals surface area contributed by atoms with Crippen molar-refractivity contribution in [3.8, 4) is 23.0 Å². The molecule has 4 aromatic carbocycles. The van der Waals surface area contributed by atoms with E-state index in [0.29, 0.717) is 39.6 Å². The van der Waals surface area contributed by atoms with Gasteiger partial charge in [-0.2, -0.15) is 9.78 Å². The summed E-state index contributed by atoms with van der Waals surface area (Å²) in [6, 6.07) is 30.6. The van der Waals surface area contributed by atoms with E-state index in [1.165, 1.54) is 4.68 Å². The molecule has 47 heavy (non-hydrogen) atoms. The van der Waals surface area contributed by atoms with E-state index >= 15 is 0 Å². The molecule has 1 N–H and O–H groups in total. The van der Waals surface area contributed by atoms with Gasteiger partial charge < -0.3 is 18.8 Å². The number of benzene rings is 4. The SMILES string of the molecule is Cc1cc(C=Nn2c(-c3cc4cc(Cl)ccc4o3)nc3ccccc3c2=O)c(C)n1-c1ccc(OCc2ccc(C(=O)O)cc2)cc1. The lowest BCUT2D eigenvalue weighted by Crippen LogP contribution is -2.20. The minimum Gasteiger partial charge on any atom is -0.489 e. The topological polar surface area (TPSA) is 112 Å². The molecule has 10 heteroatoms. The normalized spacial score (nSPS) is 11.6. The van der Waals surface area contributed by atoms with Crippen molar-refractivity contribution in [2.24, 2.45) is 5.10 Å². The Balaban J connectivity index is 1.18. The molecule has 7 aromatic rings. The molecule has 0 radical (unpaired) electrons. The molecule has 7 rings (SSSR count). The van der Waals surface area contributed by atoms with Gasteiger partial charge in [-0.3, -0.25) is 4.79 Å². The van der Waals surface area contributed by atoms with Crippen molar-refractivity contribution in [2.45, 2.75) is 20.5 Å². The number of rotatable bonds is 8. The Bertz CT molecular complexity index is 2390. The Morgan fingerprint density at radius 2 is 1.74 bits per heavy atom. The van der Waals surface area contributed by atoms with Crippen LogP contribution in [-0.2, 0) is 6.61 Å². The molecule has 0 unspecified atom stereocenters. The second-order valence-corrected chi connectivity index (χ2v) is 11.5. The number of carboxylic acid groups (broad SMARTS) is 1. The van der Waals surface area contributed by atoms with Crippen molar-refractivity contribution in [3.05, 3.63) is 147 Å². The number of para-hydroxylation sites is 1.